The highest BCUT2D eigenvalue weighted by molar-refractivity contribution is 6.09. The van der Waals surface area contributed by atoms with Gasteiger partial charge in [-0.15, -0.1) is 0 Å². The molecule has 4 amide bonds. The maximum Gasteiger partial charge on any atom is 0.274 e. The van der Waals surface area contributed by atoms with Crippen molar-refractivity contribution in [2.75, 3.05) is 34.4 Å². The molecule has 0 spiro atoms. The second-order valence-corrected chi connectivity index (χ2v) is 9.68. The Morgan fingerprint density at radius 1 is 0.575 bits per heavy atom. The van der Waals surface area contributed by atoms with E-state index >= 15 is 0 Å². The molecule has 0 aliphatic carbocycles. The summed E-state index contributed by atoms with van der Waals surface area (Å²) in [4.78, 5) is 55.5. The van der Waals surface area contributed by atoms with Crippen LogP contribution < -0.4 is 31.9 Å². The largest absolute Gasteiger partial charge is 0.323 e. The van der Waals surface area contributed by atoms with Crippen LogP contribution in [-0.4, -0.2) is 53.8 Å². The van der Waals surface area contributed by atoms with Gasteiger partial charge in [0.2, 0.25) is 11.8 Å². The number of hydrogen-bond donors (Lipinski definition) is 6. The molecule has 2 fully saturated rings. The minimum Gasteiger partial charge on any atom is -0.323 e. The number of carbonyl (C=O) groups is 4. The van der Waals surface area contributed by atoms with E-state index in [1.165, 1.54) is 12.1 Å². The molecule has 0 bridgehead atoms. The lowest BCUT2D eigenvalue weighted by Gasteiger charge is -2.15. The predicted octanol–water partition coefficient (Wildman–Crippen LogP) is 2.97. The zero-order valence-corrected chi connectivity index (χ0v) is 21.8. The quantitative estimate of drug-likeness (QED) is 0.256. The van der Waals surface area contributed by atoms with Gasteiger partial charge in [-0.3, -0.25) is 19.2 Å². The van der Waals surface area contributed by atoms with Crippen molar-refractivity contribution in [2.45, 2.75) is 37.8 Å². The number of carbonyl (C=O) groups excluding carboxylic acids is 4. The molecule has 40 heavy (non-hydrogen) atoms. The van der Waals surface area contributed by atoms with Crippen LogP contribution in [0, 0.1) is 0 Å². The summed E-state index contributed by atoms with van der Waals surface area (Å²) in [6.07, 6.45) is 3.38. The highest BCUT2D eigenvalue weighted by atomic mass is 16.2. The van der Waals surface area contributed by atoms with Gasteiger partial charge in [-0.25, -0.2) is 4.98 Å². The monoisotopic (exact) mass is 541 g/mol. The molecular weight excluding hydrogens is 510 g/mol. The summed E-state index contributed by atoms with van der Waals surface area (Å²) in [6, 6.07) is 17.8. The molecule has 0 unspecified atom stereocenters. The number of anilines is 4. The highest BCUT2D eigenvalue weighted by Gasteiger charge is 2.24. The number of nitrogens with zero attached hydrogens (tertiary/aromatic N) is 1. The van der Waals surface area contributed by atoms with E-state index in [1.807, 2.05) is 0 Å². The summed E-state index contributed by atoms with van der Waals surface area (Å²) in [5.74, 6) is -1.39. The van der Waals surface area contributed by atoms with Crippen molar-refractivity contribution < 1.29 is 19.2 Å². The van der Waals surface area contributed by atoms with Gasteiger partial charge in [0.05, 0.1) is 34.8 Å². The van der Waals surface area contributed by atoms with Gasteiger partial charge in [-0.1, -0.05) is 30.3 Å². The topological polar surface area (TPSA) is 153 Å². The Hall–Kier alpha value is -4.61. The number of benzene rings is 2. The molecule has 2 aliphatic heterocycles. The first kappa shape index (κ1) is 27.0. The Morgan fingerprint density at radius 2 is 0.975 bits per heavy atom. The van der Waals surface area contributed by atoms with Crippen molar-refractivity contribution in [3.8, 4) is 0 Å². The number of rotatable bonds is 8. The number of pyridine rings is 1. The molecule has 3 aromatic rings. The standard InChI is InChI=1S/C29H31N7O4/c37-26(22-14-6-16-30-22)33-18-8-1-3-10-20(18)35-28(39)24-12-5-13-25(32-24)29(40)36-21-11-4-2-9-19(21)34-27(38)23-15-7-17-31-23/h1-5,8-13,22-23,30-31H,6-7,14-17H2,(H,33,37)(H,34,38)(H,35,39)(H,36,40)/t22-,23-/m0/s1. The zero-order chi connectivity index (χ0) is 27.9. The van der Waals surface area contributed by atoms with Crippen LogP contribution in [0.25, 0.3) is 0 Å². The average Bonchev–Trinajstić information content (AvgIpc) is 3.71. The van der Waals surface area contributed by atoms with Crippen LogP contribution in [0.5, 0.6) is 0 Å². The van der Waals surface area contributed by atoms with Crippen molar-refractivity contribution in [3.05, 3.63) is 78.1 Å². The maximum absolute atomic E-state index is 13.1. The predicted molar refractivity (Wildman–Crippen MR) is 152 cm³/mol. The smallest absolute Gasteiger partial charge is 0.274 e. The summed E-state index contributed by atoms with van der Waals surface area (Å²) in [5, 5.41) is 17.6. The van der Waals surface area contributed by atoms with Crippen molar-refractivity contribution >= 4 is 46.4 Å². The van der Waals surface area contributed by atoms with Crippen molar-refractivity contribution in [3.63, 3.8) is 0 Å². The van der Waals surface area contributed by atoms with E-state index < -0.39 is 11.8 Å². The fourth-order valence-corrected chi connectivity index (χ4v) is 4.72. The molecule has 11 heteroatoms. The molecule has 206 valence electrons. The molecule has 2 aromatic carbocycles. The Kier molecular flexibility index (Phi) is 8.43. The normalized spacial score (nSPS) is 18.1. The van der Waals surface area contributed by atoms with Gasteiger partial charge in [-0.05, 0) is 75.2 Å². The van der Waals surface area contributed by atoms with Crippen LogP contribution in [0.4, 0.5) is 22.7 Å². The minimum absolute atomic E-state index is 0.0279. The molecule has 0 radical (unpaired) electrons. The number of hydrogen-bond acceptors (Lipinski definition) is 7. The fourth-order valence-electron chi connectivity index (χ4n) is 4.72. The molecule has 0 saturated carbocycles. The van der Waals surface area contributed by atoms with Crippen LogP contribution in [0.15, 0.2) is 66.7 Å². The number of para-hydroxylation sites is 4. The fraction of sp³-hybridized carbons (Fsp3) is 0.276. The first-order valence-corrected chi connectivity index (χ1v) is 13.3. The molecule has 1 aromatic heterocycles. The van der Waals surface area contributed by atoms with E-state index in [1.54, 1.807) is 54.6 Å². The van der Waals surface area contributed by atoms with Crippen molar-refractivity contribution in [1.29, 1.82) is 0 Å². The van der Waals surface area contributed by atoms with Gasteiger partial charge >= 0.3 is 0 Å². The molecule has 2 saturated heterocycles. The lowest BCUT2D eigenvalue weighted by molar-refractivity contribution is -0.118. The number of amides is 4. The van der Waals surface area contributed by atoms with Crippen LogP contribution in [0.3, 0.4) is 0 Å². The molecule has 2 aliphatic rings. The van der Waals surface area contributed by atoms with Crippen LogP contribution >= 0.6 is 0 Å². The molecule has 6 N–H and O–H groups in total. The molecule has 3 heterocycles. The van der Waals surface area contributed by atoms with E-state index in [4.69, 9.17) is 0 Å². The number of nitrogens with one attached hydrogen (secondary N) is 6. The summed E-state index contributed by atoms with van der Waals surface area (Å²) in [5.41, 5.74) is 1.82. The molecule has 5 rings (SSSR count). The third-order valence-corrected chi connectivity index (χ3v) is 6.83. The van der Waals surface area contributed by atoms with Crippen molar-refractivity contribution in [1.82, 2.24) is 15.6 Å². The minimum atomic E-state index is -0.535. The van der Waals surface area contributed by atoms with E-state index in [2.05, 4.69) is 36.9 Å². The van der Waals surface area contributed by atoms with Crippen molar-refractivity contribution in [2.24, 2.45) is 0 Å². The second-order valence-electron chi connectivity index (χ2n) is 9.68. The molecular formula is C29H31N7O4. The Balaban J connectivity index is 1.25. The third-order valence-electron chi connectivity index (χ3n) is 6.83. The number of aromatic nitrogens is 1. The maximum atomic E-state index is 13.1. The van der Waals surface area contributed by atoms with Gasteiger partial charge < -0.3 is 31.9 Å². The lowest BCUT2D eigenvalue weighted by atomic mass is 10.2. The summed E-state index contributed by atoms with van der Waals surface area (Å²) < 4.78 is 0. The van der Waals surface area contributed by atoms with E-state index in [0.29, 0.717) is 22.7 Å². The third kappa shape index (κ3) is 6.50. The first-order valence-electron chi connectivity index (χ1n) is 13.3. The second kappa shape index (κ2) is 12.5. The van der Waals surface area contributed by atoms with Crippen LogP contribution in [0.1, 0.15) is 46.7 Å². The summed E-state index contributed by atoms with van der Waals surface area (Å²) in [7, 11) is 0. The lowest BCUT2D eigenvalue weighted by Crippen LogP contribution is -2.35. The molecule has 11 nitrogen and oxygen atoms in total. The zero-order valence-electron chi connectivity index (χ0n) is 21.8. The summed E-state index contributed by atoms with van der Waals surface area (Å²) >= 11 is 0. The highest BCUT2D eigenvalue weighted by Crippen LogP contribution is 2.24. The van der Waals surface area contributed by atoms with Crippen LogP contribution in [-0.2, 0) is 9.59 Å². The van der Waals surface area contributed by atoms with Crippen LogP contribution in [0.2, 0.25) is 0 Å². The van der Waals surface area contributed by atoms with E-state index in [-0.39, 0.29) is 35.3 Å². The summed E-state index contributed by atoms with van der Waals surface area (Å²) in [6.45, 7) is 1.59. The van der Waals surface area contributed by atoms with E-state index in [9.17, 15) is 19.2 Å². The van der Waals surface area contributed by atoms with Gasteiger partial charge in [0.25, 0.3) is 11.8 Å². The van der Waals surface area contributed by atoms with E-state index in [0.717, 1.165) is 38.8 Å². The van der Waals surface area contributed by atoms with Gasteiger partial charge in [0.1, 0.15) is 11.4 Å². The molecule has 2 atom stereocenters. The van der Waals surface area contributed by atoms with Gasteiger partial charge in [-0.2, -0.15) is 0 Å². The van der Waals surface area contributed by atoms with Gasteiger partial charge in [0, 0.05) is 0 Å². The average molecular weight is 542 g/mol. The Labute approximate surface area is 231 Å². The SMILES string of the molecule is O=C(Nc1ccccc1NC(=O)[C@@H]1CCCN1)c1cccc(C(=O)Nc2ccccc2NC(=O)[C@@H]2CCCN2)n1. The van der Waals surface area contributed by atoms with Gasteiger partial charge in [0.15, 0.2) is 0 Å². The Morgan fingerprint density at radius 3 is 1.35 bits per heavy atom. The Bertz CT molecular complexity index is 1310. The first-order chi connectivity index (χ1) is 19.5.